The average Bonchev–Trinajstić information content (AvgIpc) is 3.31. The van der Waals surface area contributed by atoms with Gasteiger partial charge in [0.2, 0.25) is 0 Å². The van der Waals surface area contributed by atoms with Crippen LogP contribution in [0.15, 0.2) is 115 Å². The lowest BCUT2D eigenvalue weighted by Crippen LogP contribution is -2.31. The summed E-state index contributed by atoms with van der Waals surface area (Å²) in [5.74, 6) is 1.59. The maximum Gasteiger partial charge on any atom is 0.0411 e. The minimum absolute atomic E-state index is 0.491. The first-order valence-corrected chi connectivity index (χ1v) is 12.9. The van der Waals surface area contributed by atoms with E-state index in [0.29, 0.717) is 17.8 Å². The lowest BCUT2D eigenvalue weighted by atomic mass is 9.80. The molecule has 178 valence electrons. The second-order valence-electron chi connectivity index (χ2n) is 9.73. The minimum Gasteiger partial charge on any atom is -0.341 e. The predicted molar refractivity (Wildman–Crippen MR) is 148 cm³/mol. The van der Waals surface area contributed by atoms with Crippen molar-refractivity contribution < 1.29 is 0 Å². The third-order valence-corrected chi connectivity index (χ3v) is 7.66. The monoisotopic (exact) mass is 480 g/mol. The van der Waals surface area contributed by atoms with E-state index in [1.54, 1.807) is 0 Å². The van der Waals surface area contributed by atoms with Crippen LogP contribution in [0.2, 0.25) is 5.02 Å². The molecular weight excluding hydrogens is 448 g/mol. The second-order valence-corrected chi connectivity index (χ2v) is 10.2. The molecular formula is C32H33ClN2. The highest BCUT2D eigenvalue weighted by Gasteiger charge is 2.37. The molecule has 1 saturated heterocycles. The molecule has 0 N–H and O–H groups in total. The van der Waals surface area contributed by atoms with Gasteiger partial charge in [0, 0.05) is 42.6 Å². The van der Waals surface area contributed by atoms with Crippen LogP contribution >= 0.6 is 11.6 Å². The molecule has 3 heteroatoms. The molecule has 4 aromatic carbocycles. The van der Waals surface area contributed by atoms with Crippen LogP contribution in [-0.2, 0) is 6.54 Å². The Hall–Kier alpha value is -3.07. The molecule has 0 amide bonds. The molecule has 2 unspecified atom stereocenters. The Kier molecular flexibility index (Phi) is 7.51. The van der Waals surface area contributed by atoms with E-state index in [9.17, 15) is 0 Å². The van der Waals surface area contributed by atoms with Gasteiger partial charge in [-0.05, 0) is 65.3 Å². The summed E-state index contributed by atoms with van der Waals surface area (Å²) in [5, 5.41) is 0.771. The zero-order chi connectivity index (χ0) is 24.0. The summed E-state index contributed by atoms with van der Waals surface area (Å²) < 4.78 is 0. The molecule has 1 fully saturated rings. The fourth-order valence-electron chi connectivity index (χ4n) is 5.55. The Balaban J connectivity index is 1.44. The van der Waals surface area contributed by atoms with Gasteiger partial charge in [-0.3, -0.25) is 4.90 Å². The summed E-state index contributed by atoms with van der Waals surface area (Å²) in [6.45, 7) is 6.58. The molecule has 0 spiro atoms. The van der Waals surface area contributed by atoms with Crippen molar-refractivity contribution >= 4 is 23.0 Å². The fourth-order valence-corrected chi connectivity index (χ4v) is 5.67. The van der Waals surface area contributed by atoms with E-state index in [-0.39, 0.29) is 0 Å². The van der Waals surface area contributed by atoms with Crippen LogP contribution in [0.3, 0.4) is 0 Å². The Morgan fingerprint density at radius 1 is 0.743 bits per heavy atom. The molecule has 0 bridgehead atoms. The Labute approximate surface area is 214 Å². The van der Waals surface area contributed by atoms with Gasteiger partial charge in [0.1, 0.15) is 0 Å². The Bertz CT molecular complexity index is 1180. The van der Waals surface area contributed by atoms with Crippen LogP contribution in [0.5, 0.6) is 0 Å². The summed E-state index contributed by atoms with van der Waals surface area (Å²) >= 11 is 6.24. The average molecular weight is 481 g/mol. The summed E-state index contributed by atoms with van der Waals surface area (Å²) in [4.78, 5) is 5.12. The smallest absolute Gasteiger partial charge is 0.0411 e. The topological polar surface area (TPSA) is 6.48 Å². The minimum atomic E-state index is 0.491. The molecule has 35 heavy (non-hydrogen) atoms. The summed E-state index contributed by atoms with van der Waals surface area (Å²) in [6, 6.07) is 40.9. The highest BCUT2D eigenvalue weighted by Crippen LogP contribution is 2.39. The third kappa shape index (κ3) is 5.78. The summed E-state index contributed by atoms with van der Waals surface area (Å²) in [6.07, 6.45) is 0. The highest BCUT2D eigenvalue weighted by atomic mass is 35.5. The Morgan fingerprint density at radius 3 is 1.97 bits per heavy atom. The van der Waals surface area contributed by atoms with Crippen LogP contribution < -0.4 is 4.90 Å². The van der Waals surface area contributed by atoms with Gasteiger partial charge in [-0.25, -0.2) is 0 Å². The molecule has 1 aliphatic rings. The molecule has 0 saturated carbocycles. The quantitative estimate of drug-likeness (QED) is 0.252. The molecule has 0 aromatic heterocycles. The lowest BCUT2D eigenvalue weighted by molar-refractivity contribution is 0.308. The van der Waals surface area contributed by atoms with Crippen molar-refractivity contribution in [1.82, 2.24) is 4.90 Å². The molecule has 3 atom stereocenters. The van der Waals surface area contributed by atoms with Gasteiger partial charge < -0.3 is 4.90 Å². The molecule has 0 aliphatic carbocycles. The summed E-state index contributed by atoms with van der Waals surface area (Å²) in [7, 11) is 0. The zero-order valence-corrected chi connectivity index (χ0v) is 21.1. The van der Waals surface area contributed by atoms with E-state index in [1.807, 2.05) is 12.1 Å². The van der Waals surface area contributed by atoms with E-state index in [2.05, 4.69) is 120 Å². The van der Waals surface area contributed by atoms with Crippen LogP contribution in [0, 0.1) is 11.8 Å². The number of likely N-dealkylation sites (tertiary alicyclic amines) is 1. The van der Waals surface area contributed by atoms with Gasteiger partial charge in [0.25, 0.3) is 0 Å². The van der Waals surface area contributed by atoms with Crippen molar-refractivity contribution in [1.29, 1.82) is 0 Å². The first kappa shape index (κ1) is 23.7. The van der Waals surface area contributed by atoms with Crippen molar-refractivity contribution in [2.45, 2.75) is 19.4 Å². The van der Waals surface area contributed by atoms with Crippen LogP contribution in [0.4, 0.5) is 11.4 Å². The van der Waals surface area contributed by atoms with E-state index < -0.39 is 0 Å². The van der Waals surface area contributed by atoms with E-state index in [4.69, 9.17) is 11.6 Å². The molecule has 1 aliphatic heterocycles. The van der Waals surface area contributed by atoms with Crippen LogP contribution in [0.1, 0.15) is 24.0 Å². The molecule has 0 radical (unpaired) electrons. The van der Waals surface area contributed by atoms with E-state index in [0.717, 1.165) is 31.2 Å². The number of nitrogens with zero attached hydrogens (tertiary/aromatic N) is 2. The fraction of sp³-hybridized carbons (Fsp3) is 0.250. The van der Waals surface area contributed by atoms with Gasteiger partial charge in [0.05, 0.1) is 0 Å². The van der Waals surface area contributed by atoms with Gasteiger partial charge in [-0.2, -0.15) is 0 Å². The van der Waals surface area contributed by atoms with E-state index in [1.165, 1.54) is 22.5 Å². The lowest BCUT2D eigenvalue weighted by Gasteiger charge is -2.32. The SMILES string of the molecule is CC(c1ccccc1)C1CN(Cc2ccccc2)C[C@H]1CN(c1ccccc1)c1ccc(Cl)cc1. The van der Waals surface area contributed by atoms with Crippen molar-refractivity contribution in [3.05, 3.63) is 131 Å². The van der Waals surface area contributed by atoms with Crippen molar-refractivity contribution in [2.75, 3.05) is 24.5 Å². The number of rotatable bonds is 8. The van der Waals surface area contributed by atoms with E-state index >= 15 is 0 Å². The summed E-state index contributed by atoms with van der Waals surface area (Å²) in [5.41, 5.74) is 5.23. The maximum absolute atomic E-state index is 6.24. The molecule has 1 heterocycles. The zero-order valence-electron chi connectivity index (χ0n) is 20.3. The largest absolute Gasteiger partial charge is 0.341 e. The second kappa shape index (κ2) is 11.1. The van der Waals surface area contributed by atoms with Gasteiger partial charge in [-0.1, -0.05) is 97.4 Å². The number of benzene rings is 4. The van der Waals surface area contributed by atoms with Gasteiger partial charge >= 0.3 is 0 Å². The number of hydrogen-bond donors (Lipinski definition) is 0. The van der Waals surface area contributed by atoms with Crippen molar-refractivity contribution in [3.63, 3.8) is 0 Å². The van der Waals surface area contributed by atoms with Crippen molar-refractivity contribution in [2.24, 2.45) is 11.8 Å². The predicted octanol–water partition coefficient (Wildman–Crippen LogP) is 8.03. The number of anilines is 2. The first-order valence-electron chi connectivity index (χ1n) is 12.6. The molecule has 5 rings (SSSR count). The van der Waals surface area contributed by atoms with Gasteiger partial charge in [-0.15, -0.1) is 0 Å². The normalized spacial score (nSPS) is 18.9. The number of halogens is 1. The third-order valence-electron chi connectivity index (χ3n) is 7.41. The molecule has 2 nitrogen and oxygen atoms in total. The standard InChI is InChI=1S/C32H33ClN2/c1-25(27-13-7-3-8-14-27)32-24-34(21-26-11-5-2-6-12-26)22-28(32)23-35(30-15-9-4-10-16-30)31-19-17-29(33)18-20-31/h2-20,25,28,32H,21-24H2,1H3/t25?,28-,32?/m0/s1. The maximum atomic E-state index is 6.24. The van der Waals surface area contributed by atoms with Crippen molar-refractivity contribution in [3.8, 4) is 0 Å². The Morgan fingerprint density at radius 2 is 1.31 bits per heavy atom. The molecule has 4 aromatic rings. The number of para-hydroxylation sites is 1. The first-order chi connectivity index (χ1) is 17.2. The van der Waals surface area contributed by atoms with Gasteiger partial charge in [0.15, 0.2) is 0 Å². The number of hydrogen-bond acceptors (Lipinski definition) is 2. The van der Waals surface area contributed by atoms with Crippen LogP contribution in [0.25, 0.3) is 0 Å². The highest BCUT2D eigenvalue weighted by molar-refractivity contribution is 6.30. The van der Waals surface area contributed by atoms with Crippen LogP contribution in [-0.4, -0.2) is 24.5 Å².